The number of carbonyl (C=O) groups excluding carboxylic acids is 1. The zero-order valence-electron chi connectivity index (χ0n) is 14.7. The van der Waals surface area contributed by atoms with E-state index in [1.54, 1.807) is 13.2 Å². The van der Waals surface area contributed by atoms with Gasteiger partial charge >= 0.3 is 5.97 Å². The molecule has 0 aromatic heterocycles. The molecule has 23 heavy (non-hydrogen) atoms. The van der Waals surface area contributed by atoms with Crippen LogP contribution >= 0.6 is 0 Å². The van der Waals surface area contributed by atoms with E-state index in [-0.39, 0.29) is 5.97 Å². The number of rotatable bonds is 8. The molecule has 1 aromatic carbocycles. The second-order valence-corrected chi connectivity index (χ2v) is 6.68. The molecule has 3 heteroatoms. The quantitative estimate of drug-likeness (QED) is 0.292. The van der Waals surface area contributed by atoms with Crippen molar-refractivity contribution in [2.75, 3.05) is 13.7 Å². The van der Waals surface area contributed by atoms with Gasteiger partial charge in [-0.25, -0.2) is 4.79 Å². The fourth-order valence-corrected chi connectivity index (χ4v) is 1.99. The van der Waals surface area contributed by atoms with E-state index in [1.807, 2.05) is 36.4 Å². The smallest absolute Gasteiger partial charge is 0.330 e. The normalized spacial score (nSPS) is 12.0. The highest BCUT2D eigenvalue weighted by Gasteiger charge is 2.08. The Morgan fingerprint density at radius 1 is 1.09 bits per heavy atom. The number of ether oxygens (including phenoxy) is 2. The maximum Gasteiger partial charge on any atom is 0.330 e. The number of unbranched alkanes of at least 4 members (excludes halogenated alkanes) is 1. The van der Waals surface area contributed by atoms with Gasteiger partial charge in [0.2, 0.25) is 0 Å². The average Bonchev–Trinajstić information content (AvgIpc) is 2.50. The van der Waals surface area contributed by atoms with Crippen molar-refractivity contribution in [1.82, 2.24) is 0 Å². The Hall–Kier alpha value is -2.03. The molecule has 0 bridgehead atoms. The van der Waals surface area contributed by atoms with Crippen LogP contribution in [0.1, 0.15) is 45.6 Å². The van der Waals surface area contributed by atoms with Crippen LogP contribution in [0.4, 0.5) is 0 Å². The monoisotopic (exact) mass is 316 g/mol. The van der Waals surface area contributed by atoms with Crippen molar-refractivity contribution >= 4 is 12.0 Å². The van der Waals surface area contributed by atoms with Crippen LogP contribution < -0.4 is 4.74 Å². The van der Waals surface area contributed by atoms with Crippen LogP contribution in [-0.2, 0) is 9.53 Å². The molecule has 0 saturated carbocycles. The SMILES string of the molecule is COc1ccc(/C=C/C=C/C(=O)OCCCCC(C)(C)C)cc1. The lowest BCUT2D eigenvalue weighted by Gasteiger charge is -2.17. The molecular weight excluding hydrogens is 288 g/mol. The van der Waals surface area contributed by atoms with Gasteiger partial charge in [-0.05, 0) is 42.4 Å². The molecule has 0 unspecified atom stereocenters. The van der Waals surface area contributed by atoms with E-state index in [0.29, 0.717) is 12.0 Å². The largest absolute Gasteiger partial charge is 0.497 e. The molecule has 0 atom stereocenters. The highest BCUT2D eigenvalue weighted by atomic mass is 16.5. The first-order chi connectivity index (χ1) is 10.9. The Morgan fingerprint density at radius 2 is 1.78 bits per heavy atom. The maximum absolute atomic E-state index is 11.5. The number of hydrogen-bond acceptors (Lipinski definition) is 3. The van der Waals surface area contributed by atoms with Crippen LogP contribution in [0.15, 0.2) is 42.5 Å². The molecule has 0 saturated heterocycles. The summed E-state index contributed by atoms with van der Waals surface area (Å²) in [5.74, 6) is 0.535. The second-order valence-electron chi connectivity index (χ2n) is 6.68. The Bertz CT molecular complexity index is 519. The van der Waals surface area contributed by atoms with Gasteiger partial charge in [0.05, 0.1) is 13.7 Å². The molecular formula is C20H28O3. The summed E-state index contributed by atoms with van der Waals surface area (Å²) >= 11 is 0. The Morgan fingerprint density at radius 3 is 2.39 bits per heavy atom. The molecule has 0 radical (unpaired) electrons. The van der Waals surface area contributed by atoms with Crippen molar-refractivity contribution in [3.8, 4) is 5.75 Å². The van der Waals surface area contributed by atoms with Crippen molar-refractivity contribution in [1.29, 1.82) is 0 Å². The summed E-state index contributed by atoms with van der Waals surface area (Å²) in [5, 5.41) is 0. The zero-order valence-corrected chi connectivity index (χ0v) is 14.7. The molecule has 1 rings (SSSR count). The number of hydrogen-bond donors (Lipinski definition) is 0. The lowest BCUT2D eigenvalue weighted by Crippen LogP contribution is -2.06. The van der Waals surface area contributed by atoms with Gasteiger partial charge in [0, 0.05) is 6.08 Å². The lowest BCUT2D eigenvalue weighted by molar-refractivity contribution is -0.137. The minimum absolute atomic E-state index is 0.292. The Balaban J connectivity index is 2.23. The molecule has 0 fully saturated rings. The van der Waals surface area contributed by atoms with Crippen molar-refractivity contribution < 1.29 is 14.3 Å². The van der Waals surface area contributed by atoms with E-state index >= 15 is 0 Å². The first kappa shape index (κ1) is 19.0. The molecule has 3 nitrogen and oxygen atoms in total. The highest BCUT2D eigenvalue weighted by molar-refractivity contribution is 5.82. The van der Waals surface area contributed by atoms with Gasteiger partial charge in [0.25, 0.3) is 0 Å². The fourth-order valence-electron chi connectivity index (χ4n) is 1.99. The summed E-state index contributed by atoms with van der Waals surface area (Å²) in [7, 11) is 1.64. The second kappa shape index (κ2) is 9.88. The van der Waals surface area contributed by atoms with Crippen LogP contribution in [-0.4, -0.2) is 19.7 Å². The summed E-state index contributed by atoms with van der Waals surface area (Å²) in [6, 6.07) is 7.71. The summed E-state index contributed by atoms with van der Waals surface area (Å²) < 4.78 is 10.3. The van der Waals surface area contributed by atoms with E-state index in [4.69, 9.17) is 9.47 Å². The van der Waals surface area contributed by atoms with Gasteiger partial charge in [-0.3, -0.25) is 0 Å². The van der Waals surface area contributed by atoms with Crippen molar-refractivity contribution in [3.05, 3.63) is 48.1 Å². The molecule has 0 heterocycles. The summed E-state index contributed by atoms with van der Waals surface area (Å²) in [6.07, 6.45) is 10.0. The van der Waals surface area contributed by atoms with Crippen LogP contribution in [0.5, 0.6) is 5.75 Å². The van der Waals surface area contributed by atoms with E-state index in [1.165, 1.54) is 6.08 Å². The van der Waals surface area contributed by atoms with E-state index in [2.05, 4.69) is 20.8 Å². The van der Waals surface area contributed by atoms with Crippen molar-refractivity contribution in [3.63, 3.8) is 0 Å². The van der Waals surface area contributed by atoms with Gasteiger partial charge in [0.15, 0.2) is 0 Å². The number of carbonyl (C=O) groups is 1. The minimum atomic E-state index is -0.292. The number of allylic oxidation sites excluding steroid dienone is 2. The van der Waals surface area contributed by atoms with Gasteiger partial charge in [0.1, 0.15) is 5.75 Å². The molecule has 0 aliphatic rings. The zero-order chi connectivity index (χ0) is 17.1. The first-order valence-electron chi connectivity index (χ1n) is 8.06. The van der Waals surface area contributed by atoms with E-state index in [0.717, 1.165) is 30.6 Å². The number of methoxy groups -OCH3 is 1. The predicted molar refractivity (Wildman–Crippen MR) is 95.4 cm³/mol. The van der Waals surface area contributed by atoms with Crippen LogP contribution in [0, 0.1) is 5.41 Å². The van der Waals surface area contributed by atoms with Gasteiger partial charge in [-0.1, -0.05) is 51.1 Å². The third kappa shape index (κ3) is 9.56. The molecule has 126 valence electrons. The minimum Gasteiger partial charge on any atom is -0.497 e. The molecule has 0 spiro atoms. The van der Waals surface area contributed by atoms with E-state index in [9.17, 15) is 4.79 Å². The summed E-state index contributed by atoms with van der Waals surface area (Å²) in [5.41, 5.74) is 1.39. The average molecular weight is 316 g/mol. The fraction of sp³-hybridized carbons (Fsp3) is 0.450. The van der Waals surface area contributed by atoms with Gasteiger partial charge in [-0.2, -0.15) is 0 Å². The summed E-state index contributed by atoms with van der Waals surface area (Å²) in [4.78, 5) is 11.5. The Labute approximate surface area is 140 Å². The number of esters is 1. The van der Waals surface area contributed by atoms with Crippen LogP contribution in [0.25, 0.3) is 6.08 Å². The first-order valence-corrected chi connectivity index (χ1v) is 8.06. The molecule has 0 aliphatic heterocycles. The predicted octanol–water partition coefficient (Wildman–Crippen LogP) is 5.02. The van der Waals surface area contributed by atoms with Gasteiger partial charge in [-0.15, -0.1) is 0 Å². The summed E-state index contributed by atoms with van der Waals surface area (Å²) in [6.45, 7) is 7.14. The third-order valence-electron chi connectivity index (χ3n) is 3.31. The number of benzene rings is 1. The third-order valence-corrected chi connectivity index (χ3v) is 3.31. The van der Waals surface area contributed by atoms with Gasteiger partial charge < -0.3 is 9.47 Å². The topological polar surface area (TPSA) is 35.5 Å². The standard InChI is InChI=1S/C20H28O3/c1-20(2,3)15-7-8-16-23-19(21)10-6-5-9-17-11-13-18(22-4)14-12-17/h5-6,9-14H,7-8,15-16H2,1-4H3/b9-5+,10-6+. The van der Waals surface area contributed by atoms with Crippen LogP contribution in [0.2, 0.25) is 0 Å². The van der Waals surface area contributed by atoms with Crippen LogP contribution in [0.3, 0.4) is 0 Å². The highest BCUT2D eigenvalue weighted by Crippen LogP contribution is 2.21. The molecule has 0 amide bonds. The molecule has 0 N–H and O–H groups in total. The molecule has 0 aliphatic carbocycles. The van der Waals surface area contributed by atoms with Crippen molar-refractivity contribution in [2.24, 2.45) is 5.41 Å². The van der Waals surface area contributed by atoms with Crippen molar-refractivity contribution in [2.45, 2.75) is 40.0 Å². The van der Waals surface area contributed by atoms with E-state index < -0.39 is 0 Å². The lowest BCUT2D eigenvalue weighted by atomic mass is 9.90. The maximum atomic E-state index is 11.5. The molecule has 1 aromatic rings. The Kier molecular flexibility index (Phi) is 8.17.